The Hall–Kier alpha value is -2.41. The first-order valence-electron chi connectivity index (χ1n) is 9.76. The Balaban J connectivity index is 1.84. The van der Waals surface area contributed by atoms with E-state index < -0.39 is 0 Å². The summed E-state index contributed by atoms with van der Waals surface area (Å²) >= 11 is 0. The van der Waals surface area contributed by atoms with Gasteiger partial charge in [-0.2, -0.15) is 0 Å². The zero-order chi connectivity index (χ0) is 19.0. The number of ether oxygens (including phenoxy) is 2. The molecule has 1 N–H and O–H groups in total. The molecule has 1 unspecified atom stereocenters. The van der Waals surface area contributed by atoms with E-state index in [-0.39, 0.29) is 0 Å². The average Bonchev–Trinajstić information content (AvgIpc) is 3.10. The Kier molecular flexibility index (Phi) is 4.86. The number of benzene rings is 1. The van der Waals surface area contributed by atoms with Crippen LogP contribution in [0.1, 0.15) is 38.3 Å². The molecule has 0 spiro atoms. The quantitative estimate of drug-likeness (QED) is 0.740. The van der Waals surface area contributed by atoms with Crippen molar-refractivity contribution in [2.24, 2.45) is 5.92 Å². The fraction of sp³-hybridized carbons (Fsp3) is 0.550. The van der Waals surface area contributed by atoms with Crippen molar-refractivity contribution in [1.29, 1.82) is 0 Å². The van der Waals surface area contributed by atoms with Crippen LogP contribution >= 0.6 is 0 Å². The molecule has 1 fully saturated rings. The molecule has 7 heteroatoms. The molecule has 3 aromatic rings. The van der Waals surface area contributed by atoms with Crippen LogP contribution in [0, 0.1) is 5.92 Å². The van der Waals surface area contributed by atoms with Gasteiger partial charge in [0, 0.05) is 23.8 Å². The van der Waals surface area contributed by atoms with Crippen molar-refractivity contribution >= 4 is 16.6 Å². The fourth-order valence-corrected chi connectivity index (χ4v) is 4.22. The summed E-state index contributed by atoms with van der Waals surface area (Å²) in [6.07, 6.45) is 3.43. The van der Waals surface area contributed by atoms with E-state index in [0.717, 1.165) is 47.1 Å². The number of aryl methyl sites for hydroxylation is 1. The second kappa shape index (κ2) is 7.31. The molecule has 1 aromatic carbocycles. The second-order valence-corrected chi connectivity index (χ2v) is 7.51. The molecule has 0 aliphatic carbocycles. The normalized spacial score (nSPS) is 20.3. The van der Waals surface area contributed by atoms with Gasteiger partial charge in [0.05, 0.1) is 32.8 Å². The number of hydrogen-bond donors (Lipinski definition) is 1. The smallest absolute Gasteiger partial charge is 0.194 e. The lowest BCUT2D eigenvalue weighted by Crippen LogP contribution is -3.12. The van der Waals surface area contributed by atoms with Crippen LogP contribution in [-0.4, -0.2) is 46.9 Å². The Morgan fingerprint density at radius 2 is 1.93 bits per heavy atom. The van der Waals surface area contributed by atoms with Gasteiger partial charge in [-0.25, -0.2) is 4.98 Å². The maximum absolute atomic E-state index is 5.48. The van der Waals surface area contributed by atoms with Gasteiger partial charge in [0.25, 0.3) is 0 Å². The molecular formula is C20H28N5O2+. The first kappa shape index (κ1) is 18.0. The van der Waals surface area contributed by atoms with Crippen LogP contribution in [0.4, 0.5) is 0 Å². The minimum atomic E-state index is 0.676. The molecule has 0 amide bonds. The summed E-state index contributed by atoms with van der Waals surface area (Å²) in [5.41, 5.74) is 1.70. The zero-order valence-corrected chi connectivity index (χ0v) is 16.6. The van der Waals surface area contributed by atoms with Crippen LogP contribution in [-0.2, 0) is 13.0 Å². The summed E-state index contributed by atoms with van der Waals surface area (Å²) in [6, 6.07) is 3.86. The van der Waals surface area contributed by atoms with Gasteiger partial charge < -0.3 is 14.4 Å². The van der Waals surface area contributed by atoms with Crippen molar-refractivity contribution in [2.45, 2.75) is 39.7 Å². The molecule has 0 bridgehead atoms. The van der Waals surface area contributed by atoms with E-state index in [1.165, 1.54) is 25.9 Å². The molecule has 0 saturated carbocycles. The number of fused-ring (bicyclic) bond motifs is 3. The monoisotopic (exact) mass is 370 g/mol. The van der Waals surface area contributed by atoms with E-state index in [1.54, 1.807) is 19.1 Å². The average molecular weight is 370 g/mol. The van der Waals surface area contributed by atoms with Crippen molar-refractivity contribution in [1.82, 2.24) is 19.6 Å². The van der Waals surface area contributed by atoms with Crippen molar-refractivity contribution in [3.63, 3.8) is 0 Å². The molecule has 1 saturated heterocycles. The van der Waals surface area contributed by atoms with Crippen LogP contribution in [0.2, 0.25) is 0 Å². The van der Waals surface area contributed by atoms with Crippen LogP contribution in [0.15, 0.2) is 12.1 Å². The minimum absolute atomic E-state index is 0.676. The third-order valence-electron chi connectivity index (χ3n) is 5.57. The summed E-state index contributed by atoms with van der Waals surface area (Å²) in [4.78, 5) is 6.47. The first-order valence-corrected chi connectivity index (χ1v) is 9.76. The molecule has 2 atom stereocenters. The Labute approximate surface area is 159 Å². The molecule has 4 rings (SSSR count). The third kappa shape index (κ3) is 3.20. The maximum Gasteiger partial charge on any atom is 0.194 e. The number of likely N-dealkylation sites (tertiary alicyclic amines) is 1. The number of quaternary nitrogens is 1. The first-order chi connectivity index (χ1) is 13.1. The van der Waals surface area contributed by atoms with E-state index in [0.29, 0.717) is 11.5 Å². The molecule has 144 valence electrons. The molecule has 27 heavy (non-hydrogen) atoms. The van der Waals surface area contributed by atoms with Crippen LogP contribution in [0.3, 0.4) is 0 Å². The highest BCUT2D eigenvalue weighted by Gasteiger charge is 2.24. The molecule has 3 heterocycles. The van der Waals surface area contributed by atoms with Gasteiger partial charge in [0.1, 0.15) is 12.4 Å². The Morgan fingerprint density at radius 1 is 1.15 bits per heavy atom. The van der Waals surface area contributed by atoms with Crippen LogP contribution < -0.4 is 14.4 Å². The van der Waals surface area contributed by atoms with Gasteiger partial charge in [-0.3, -0.25) is 4.40 Å². The largest absolute Gasteiger partial charge is 0.493 e. The van der Waals surface area contributed by atoms with E-state index in [1.807, 2.05) is 12.1 Å². The number of aromatic nitrogens is 4. The van der Waals surface area contributed by atoms with Gasteiger partial charge in [-0.05, 0) is 18.9 Å². The number of nitrogens with one attached hydrogen (secondary N) is 1. The van der Waals surface area contributed by atoms with Crippen molar-refractivity contribution in [3.05, 3.63) is 23.8 Å². The molecule has 1 aliphatic rings. The van der Waals surface area contributed by atoms with Gasteiger partial charge in [0.15, 0.2) is 23.0 Å². The molecule has 7 nitrogen and oxygen atoms in total. The van der Waals surface area contributed by atoms with Crippen molar-refractivity contribution in [3.8, 4) is 11.5 Å². The highest BCUT2D eigenvalue weighted by Crippen LogP contribution is 2.33. The number of hydrogen-bond acceptors (Lipinski definition) is 5. The predicted molar refractivity (Wildman–Crippen MR) is 104 cm³/mol. The van der Waals surface area contributed by atoms with Crippen molar-refractivity contribution < 1.29 is 14.4 Å². The highest BCUT2D eigenvalue weighted by molar-refractivity contribution is 5.93. The lowest BCUT2D eigenvalue weighted by Gasteiger charge is -2.27. The maximum atomic E-state index is 5.48. The molecule has 2 aromatic heterocycles. The fourth-order valence-electron chi connectivity index (χ4n) is 4.22. The van der Waals surface area contributed by atoms with Crippen LogP contribution in [0.5, 0.6) is 11.5 Å². The number of rotatable bonds is 5. The second-order valence-electron chi connectivity index (χ2n) is 7.51. The highest BCUT2D eigenvalue weighted by atomic mass is 16.5. The van der Waals surface area contributed by atoms with E-state index >= 15 is 0 Å². The molecular weight excluding hydrogens is 342 g/mol. The van der Waals surface area contributed by atoms with E-state index in [9.17, 15) is 0 Å². The summed E-state index contributed by atoms with van der Waals surface area (Å²) in [5, 5.41) is 10.0. The van der Waals surface area contributed by atoms with Gasteiger partial charge in [-0.1, -0.05) is 13.8 Å². The summed E-state index contributed by atoms with van der Waals surface area (Å²) in [5.74, 6) is 4.10. The summed E-state index contributed by atoms with van der Waals surface area (Å²) < 4.78 is 13.0. The summed E-state index contributed by atoms with van der Waals surface area (Å²) in [7, 11) is 3.28. The molecule has 1 aliphatic heterocycles. The number of nitrogens with zero attached hydrogens (tertiary/aromatic N) is 4. The molecule has 0 radical (unpaired) electrons. The van der Waals surface area contributed by atoms with E-state index in [4.69, 9.17) is 14.5 Å². The Bertz CT molecular complexity index is 968. The van der Waals surface area contributed by atoms with Crippen molar-refractivity contribution in [2.75, 3.05) is 27.3 Å². The SMILES string of the molecule is CCc1nc2cc(OC)c(OC)cc2c2nnc(C[NH+]3CCC[C@H](C)C3)n12. The number of piperidine rings is 1. The topological polar surface area (TPSA) is 66.0 Å². The predicted octanol–water partition coefficient (Wildman–Crippen LogP) is 1.67. The lowest BCUT2D eigenvalue weighted by molar-refractivity contribution is -0.922. The third-order valence-corrected chi connectivity index (χ3v) is 5.57. The minimum Gasteiger partial charge on any atom is -0.493 e. The van der Waals surface area contributed by atoms with Gasteiger partial charge in [0.2, 0.25) is 0 Å². The van der Waals surface area contributed by atoms with Crippen LogP contribution in [0.25, 0.3) is 16.6 Å². The number of methoxy groups -OCH3 is 2. The van der Waals surface area contributed by atoms with Gasteiger partial charge >= 0.3 is 0 Å². The van der Waals surface area contributed by atoms with Gasteiger partial charge in [-0.15, -0.1) is 10.2 Å². The lowest BCUT2D eigenvalue weighted by atomic mass is 10.0. The zero-order valence-electron chi connectivity index (χ0n) is 16.6. The summed E-state index contributed by atoms with van der Waals surface area (Å²) in [6.45, 7) is 7.75. The van der Waals surface area contributed by atoms with E-state index in [2.05, 4.69) is 28.4 Å². The Morgan fingerprint density at radius 3 is 2.63 bits per heavy atom. The standard InChI is InChI=1S/C20H27N5O2/c1-5-18-21-15-10-17(27-4)16(26-3)9-14(15)20-23-22-19(25(18)20)12-24-8-6-7-13(2)11-24/h9-10,13H,5-8,11-12H2,1-4H3/p+1/t13-/m0/s1.